The molecule has 1 saturated heterocycles. The summed E-state index contributed by atoms with van der Waals surface area (Å²) >= 11 is 0. The van der Waals surface area contributed by atoms with Gasteiger partial charge in [0.15, 0.2) is 0 Å². The summed E-state index contributed by atoms with van der Waals surface area (Å²) in [6.45, 7) is 7.18. The van der Waals surface area contributed by atoms with Gasteiger partial charge in [-0.1, -0.05) is 30.3 Å². The molecule has 2 amide bonds. The monoisotopic (exact) mass is 347 g/mol. The van der Waals surface area contributed by atoms with Crippen molar-refractivity contribution in [1.82, 2.24) is 9.80 Å². The number of carbonyl (C=O) groups excluding carboxylic acids is 2. The third-order valence-electron chi connectivity index (χ3n) is 4.52. The Morgan fingerprint density at radius 3 is 2.32 bits per heavy atom. The number of amides is 2. The van der Waals surface area contributed by atoms with Gasteiger partial charge in [-0.15, -0.1) is 0 Å². The highest BCUT2D eigenvalue weighted by Crippen LogP contribution is 2.20. The number of likely N-dealkylation sites (tertiary alicyclic amines) is 1. The molecule has 1 fully saturated rings. The smallest absolute Gasteiger partial charge is 0.410 e. The second-order valence-electron chi connectivity index (χ2n) is 6.89. The molecule has 1 aromatic rings. The molecule has 0 aromatic heterocycles. The van der Waals surface area contributed by atoms with Gasteiger partial charge >= 0.3 is 6.09 Å². The maximum atomic E-state index is 12.4. The van der Waals surface area contributed by atoms with Crippen molar-refractivity contribution >= 4 is 12.0 Å². The number of ether oxygens (including phenoxy) is 1. The molecule has 25 heavy (non-hydrogen) atoms. The van der Waals surface area contributed by atoms with Crippen LogP contribution in [0.2, 0.25) is 0 Å². The van der Waals surface area contributed by atoms with Crippen LogP contribution in [0, 0.1) is 0 Å². The van der Waals surface area contributed by atoms with E-state index in [1.165, 1.54) is 0 Å². The lowest BCUT2D eigenvalue weighted by molar-refractivity contribution is -0.137. The van der Waals surface area contributed by atoms with Crippen LogP contribution in [0.1, 0.15) is 39.2 Å². The summed E-state index contributed by atoms with van der Waals surface area (Å²) in [5.74, 6) is -0.0277. The van der Waals surface area contributed by atoms with Crippen molar-refractivity contribution in [2.75, 3.05) is 13.1 Å². The molecule has 6 heteroatoms. The van der Waals surface area contributed by atoms with Gasteiger partial charge in [-0.3, -0.25) is 4.79 Å². The van der Waals surface area contributed by atoms with E-state index in [1.54, 1.807) is 11.8 Å². The molecule has 1 aromatic carbocycles. The quantitative estimate of drug-likeness (QED) is 0.887. The van der Waals surface area contributed by atoms with Crippen molar-refractivity contribution in [2.45, 2.75) is 58.3 Å². The minimum absolute atomic E-state index is 0.0277. The number of rotatable bonds is 5. The SMILES string of the molecule is CC(C)N(C(=O)[C@H](C)N)C1CCN(C(=O)OCc2ccccc2)CC1. The second kappa shape index (κ2) is 8.85. The zero-order valence-corrected chi connectivity index (χ0v) is 15.4. The minimum Gasteiger partial charge on any atom is -0.445 e. The van der Waals surface area contributed by atoms with Gasteiger partial charge in [-0.05, 0) is 39.2 Å². The summed E-state index contributed by atoms with van der Waals surface area (Å²) in [4.78, 5) is 28.2. The van der Waals surface area contributed by atoms with Crippen molar-refractivity contribution in [1.29, 1.82) is 0 Å². The van der Waals surface area contributed by atoms with Crippen LogP contribution in [-0.4, -0.2) is 53.0 Å². The van der Waals surface area contributed by atoms with Crippen LogP contribution in [0.4, 0.5) is 4.79 Å². The molecule has 138 valence electrons. The van der Waals surface area contributed by atoms with Crippen LogP contribution in [-0.2, 0) is 16.1 Å². The normalized spacial score (nSPS) is 16.6. The van der Waals surface area contributed by atoms with E-state index in [1.807, 2.05) is 49.1 Å². The topological polar surface area (TPSA) is 75.9 Å². The molecule has 0 bridgehead atoms. The molecular formula is C19H29N3O3. The Labute approximate surface area is 149 Å². The maximum Gasteiger partial charge on any atom is 0.410 e. The first-order chi connectivity index (χ1) is 11.9. The predicted octanol–water partition coefficient (Wildman–Crippen LogP) is 2.37. The van der Waals surface area contributed by atoms with E-state index in [2.05, 4.69) is 0 Å². The number of carbonyl (C=O) groups is 2. The lowest BCUT2D eigenvalue weighted by atomic mass is 10.0. The van der Waals surface area contributed by atoms with Gasteiger partial charge in [0.2, 0.25) is 5.91 Å². The van der Waals surface area contributed by atoms with Crippen molar-refractivity contribution in [2.24, 2.45) is 5.73 Å². The molecule has 2 rings (SSSR count). The fourth-order valence-corrected chi connectivity index (χ4v) is 3.23. The number of hydrogen-bond donors (Lipinski definition) is 1. The average Bonchev–Trinajstić information content (AvgIpc) is 2.61. The van der Waals surface area contributed by atoms with E-state index in [0.29, 0.717) is 13.1 Å². The van der Waals surface area contributed by atoms with Gasteiger partial charge in [-0.25, -0.2) is 4.79 Å². The van der Waals surface area contributed by atoms with Crippen LogP contribution in [0.5, 0.6) is 0 Å². The van der Waals surface area contributed by atoms with Crippen molar-refractivity contribution in [3.8, 4) is 0 Å². The molecule has 2 N–H and O–H groups in total. The zero-order valence-electron chi connectivity index (χ0n) is 15.4. The highest BCUT2D eigenvalue weighted by molar-refractivity contribution is 5.81. The van der Waals surface area contributed by atoms with E-state index in [9.17, 15) is 9.59 Å². The van der Waals surface area contributed by atoms with Crippen LogP contribution in [0.15, 0.2) is 30.3 Å². The Hall–Kier alpha value is -2.08. The van der Waals surface area contributed by atoms with Gasteiger partial charge in [0.05, 0.1) is 6.04 Å². The van der Waals surface area contributed by atoms with Gasteiger partial charge in [-0.2, -0.15) is 0 Å². The van der Waals surface area contributed by atoms with Crippen molar-refractivity contribution in [3.05, 3.63) is 35.9 Å². The molecular weight excluding hydrogens is 318 g/mol. The number of hydrogen-bond acceptors (Lipinski definition) is 4. The fourth-order valence-electron chi connectivity index (χ4n) is 3.23. The second-order valence-corrected chi connectivity index (χ2v) is 6.89. The Balaban J connectivity index is 1.85. The fraction of sp³-hybridized carbons (Fsp3) is 0.579. The summed E-state index contributed by atoms with van der Waals surface area (Å²) in [6, 6.07) is 9.35. The predicted molar refractivity (Wildman–Crippen MR) is 96.9 cm³/mol. The molecule has 0 unspecified atom stereocenters. The lowest BCUT2D eigenvalue weighted by Crippen LogP contribution is -2.54. The Kier molecular flexibility index (Phi) is 6.82. The molecule has 0 aliphatic carbocycles. The first-order valence-corrected chi connectivity index (χ1v) is 8.93. The van der Waals surface area contributed by atoms with E-state index in [-0.39, 0.29) is 30.7 Å². The number of nitrogens with two attached hydrogens (primary N) is 1. The first kappa shape index (κ1) is 19.2. The van der Waals surface area contributed by atoms with E-state index >= 15 is 0 Å². The maximum absolute atomic E-state index is 12.4. The van der Waals surface area contributed by atoms with Crippen LogP contribution in [0.25, 0.3) is 0 Å². The molecule has 1 atom stereocenters. The van der Waals surface area contributed by atoms with E-state index < -0.39 is 6.04 Å². The zero-order chi connectivity index (χ0) is 18.4. The summed E-state index contributed by atoms with van der Waals surface area (Å²) < 4.78 is 5.38. The average molecular weight is 347 g/mol. The number of benzene rings is 1. The van der Waals surface area contributed by atoms with Crippen molar-refractivity contribution in [3.63, 3.8) is 0 Å². The standard InChI is InChI=1S/C19H29N3O3/c1-14(2)22(18(23)15(3)20)17-9-11-21(12-10-17)19(24)25-13-16-7-5-4-6-8-16/h4-8,14-15,17H,9-13,20H2,1-3H3/t15-/m0/s1. The molecule has 1 aliphatic heterocycles. The molecule has 0 saturated carbocycles. The Morgan fingerprint density at radius 1 is 1.20 bits per heavy atom. The molecule has 1 heterocycles. The first-order valence-electron chi connectivity index (χ1n) is 8.93. The summed E-state index contributed by atoms with van der Waals surface area (Å²) in [6.07, 6.45) is 1.20. The molecule has 0 radical (unpaired) electrons. The minimum atomic E-state index is -0.503. The van der Waals surface area contributed by atoms with Gasteiger partial charge in [0.1, 0.15) is 6.61 Å². The van der Waals surface area contributed by atoms with Gasteiger partial charge < -0.3 is 20.3 Å². The Bertz CT molecular complexity index is 567. The van der Waals surface area contributed by atoms with Crippen LogP contribution < -0.4 is 5.73 Å². The largest absolute Gasteiger partial charge is 0.445 e. The lowest BCUT2D eigenvalue weighted by Gasteiger charge is -2.41. The Morgan fingerprint density at radius 2 is 1.80 bits per heavy atom. The highest BCUT2D eigenvalue weighted by atomic mass is 16.6. The van der Waals surface area contributed by atoms with Crippen molar-refractivity contribution < 1.29 is 14.3 Å². The summed E-state index contributed by atoms with van der Waals surface area (Å²) in [5.41, 5.74) is 6.75. The number of piperidine rings is 1. The van der Waals surface area contributed by atoms with Gasteiger partial charge in [0.25, 0.3) is 0 Å². The van der Waals surface area contributed by atoms with Gasteiger partial charge in [0, 0.05) is 25.2 Å². The molecule has 1 aliphatic rings. The number of nitrogens with zero attached hydrogens (tertiary/aromatic N) is 2. The van der Waals surface area contributed by atoms with Crippen LogP contribution in [0.3, 0.4) is 0 Å². The molecule has 0 spiro atoms. The third-order valence-corrected chi connectivity index (χ3v) is 4.52. The van der Waals surface area contributed by atoms with Crippen LogP contribution >= 0.6 is 0 Å². The summed E-state index contributed by atoms with van der Waals surface area (Å²) in [7, 11) is 0. The third kappa shape index (κ3) is 5.19. The highest BCUT2D eigenvalue weighted by Gasteiger charge is 2.32. The van der Waals surface area contributed by atoms with E-state index in [0.717, 1.165) is 18.4 Å². The summed E-state index contributed by atoms with van der Waals surface area (Å²) in [5, 5.41) is 0. The van der Waals surface area contributed by atoms with E-state index in [4.69, 9.17) is 10.5 Å². The molecule has 6 nitrogen and oxygen atoms in total.